The molecule has 1 aromatic carbocycles. The maximum absolute atomic E-state index is 12.4. The molecule has 0 atom stereocenters. The highest BCUT2D eigenvalue weighted by atomic mass is 19.4. The van der Waals surface area contributed by atoms with E-state index in [0.717, 1.165) is 16.2 Å². The molecule has 2 rings (SSSR count). The van der Waals surface area contributed by atoms with E-state index in [-0.39, 0.29) is 37.8 Å². The number of carbonyl (C=O) groups excluding carboxylic acids is 2. The van der Waals surface area contributed by atoms with E-state index in [1.807, 2.05) is 24.3 Å². The van der Waals surface area contributed by atoms with Crippen LogP contribution in [0.15, 0.2) is 24.3 Å². The van der Waals surface area contributed by atoms with Crippen LogP contribution in [-0.4, -0.2) is 49.6 Å². The number of para-hydroxylation sites is 1. The summed E-state index contributed by atoms with van der Waals surface area (Å²) in [5.74, 6) is -1.64. The maximum atomic E-state index is 12.4. The lowest BCUT2D eigenvalue weighted by molar-refractivity contribution is -0.186. The van der Waals surface area contributed by atoms with Crippen molar-refractivity contribution >= 4 is 11.8 Å². The number of hydrogen-bond acceptors (Lipinski definition) is 3. The quantitative estimate of drug-likeness (QED) is 0.878. The minimum absolute atomic E-state index is 0.0526. The average Bonchev–Trinajstić information content (AvgIpc) is 2.60. The second-order valence-electron chi connectivity index (χ2n) is 5.92. The molecule has 1 aliphatic heterocycles. The van der Waals surface area contributed by atoms with Crippen LogP contribution in [0.1, 0.15) is 18.4 Å². The van der Waals surface area contributed by atoms with E-state index in [2.05, 4.69) is 5.32 Å². The fourth-order valence-electron chi connectivity index (χ4n) is 2.90. The third kappa shape index (κ3) is 5.11. The minimum atomic E-state index is -4.86. The van der Waals surface area contributed by atoms with E-state index < -0.39 is 12.1 Å². The van der Waals surface area contributed by atoms with Crippen molar-refractivity contribution in [2.24, 2.45) is 5.92 Å². The number of rotatable bonds is 5. The fraction of sp³-hybridized carbons (Fsp3) is 0.529. The summed E-state index contributed by atoms with van der Waals surface area (Å²) in [6.45, 7) is 0.312. The summed E-state index contributed by atoms with van der Waals surface area (Å²) in [5, 5.41) is 2.81. The SMILES string of the molecule is COc1ccccc1CCNC(=O)C1CCN(C(=O)C(F)(F)F)CC1. The average molecular weight is 358 g/mol. The summed E-state index contributed by atoms with van der Waals surface area (Å²) in [6, 6.07) is 7.49. The van der Waals surface area contributed by atoms with Gasteiger partial charge in [-0.1, -0.05) is 18.2 Å². The van der Waals surface area contributed by atoms with Crippen LogP contribution in [-0.2, 0) is 16.0 Å². The maximum Gasteiger partial charge on any atom is 0.471 e. The zero-order valence-electron chi connectivity index (χ0n) is 13.9. The molecular formula is C17H21F3N2O3. The molecule has 1 aliphatic rings. The summed E-state index contributed by atoms with van der Waals surface area (Å²) in [4.78, 5) is 24.1. The zero-order valence-corrected chi connectivity index (χ0v) is 13.9. The van der Waals surface area contributed by atoms with Crippen molar-refractivity contribution in [1.29, 1.82) is 0 Å². The topological polar surface area (TPSA) is 58.6 Å². The van der Waals surface area contributed by atoms with Crippen molar-refractivity contribution in [3.8, 4) is 5.75 Å². The second-order valence-corrected chi connectivity index (χ2v) is 5.92. The molecule has 8 heteroatoms. The number of nitrogens with zero attached hydrogens (tertiary/aromatic N) is 1. The molecule has 25 heavy (non-hydrogen) atoms. The Bertz CT molecular complexity index is 611. The number of likely N-dealkylation sites (tertiary alicyclic amines) is 1. The van der Waals surface area contributed by atoms with Gasteiger partial charge in [-0.05, 0) is 30.9 Å². The largest absolute Gasteiger partial charge is 0.496 e. The highest BCUT2D eigenvalue weighted by molar-refractivity contribution is 5.83. The molecule has 0 aromatic heterocycles. The van der Waals surface area contributed by atoms with Crippen molar-refractivity contribution < 1.29 is 27.5 Å². The number of nitrogens with one attached hydrogen (secondary N) is 1. The molecule has 0 saturated carbocycles. The van der Waals surface area contributed by atoms with Gasteiger partial charge in [0, 0.05) is 25.6 Å². The summed E-state index contributed by atoms with van der Waals surface area (Å²) in [7, 11) is 1.58. The van der Waals surface area contributed by atoms with E-state index in [1.165, 1.54) is 0 Å². The Morgan fingerprint density at radius 2 is 1.88 bits per heavy atom. The Kier molecular flexibility index (Phi) is 6.27. The summed E-state index contributed by atoms with van der Waals surface area (Å²) in [5.41, 5.74) is 0.968. The first-order chi connectivity index (χ1) is 11.8. The number of halogens is 3. The fourth-order valence-corrected chi connectivity index (χ4v) is 2.90. The smallest absolute Gasteiger partial charge is 0.471 e. The standard InChI is InChI=1S/C17H21F3N2O3/c1-25-14-5-3-2-4-12(14)6-9-21-15(23)13-7-10-22(11-8-13)16(24)17(18,19)20/h2-5,13H,6-11H2,1H3,(H,21,23). The third-order valence-electron chi connectivity index (χ3n) is 4.28. The van der Waals surface area contributed by atoms with Crippen molar-refractivity contribution in [3.05, 3.63) is 29.8 Å². The number of carbonyl (C=O) groups is 2. The number of piperidine rings is 1. The Morgan fingerprint density at radius 3 is 2.48 bits per heavy atom. The summed E-state index contributed by atoms with van der Waals surface area (Å²) in [6.07, 6.45) is -3.78. The van der Waals surface area contributed by atoms with E-state index in [9.17, 15) is 22.8 Å². The van der Waals surface area contributed by atoms with E-state index >= 15 is 0 Å². The van der Waals surface area contributed by atoms with Crippen molar-refractivity contribution in [3.63, 3.8) is 0 Å². The first kappa shape index (κ1) is 19.1. The van der Waals surface area contributed by atoms with Crippen molar-refractivity contribution in [2.45, 2.75) is 25.4 Å². The van der Waals surface area contributed by atoms with Gasteiger partial charge in [-0.3, -0.25) is 9.59 Å². The molecule has 2 amide bonds. The van der Waals surface area contributed by atoms with Crippen molar-refractivity contribution in [1.82, 2.24) is 10.2 Å². The number of methoxy groups -OCH3 is 1. The van der Waals surface area contributed by atoms with Crippen LogP contribution in [0.4, 0.5) is 13.2 Å². The van der Waals surface area contributed by atoms with Crippen molar-refractivity contribution in [2.75, 3.05) is 26.7 Å². The minimum Gasteiger partial charge on any atom is -0.496 e. The molecule has 1 fully saturated rings. The molecule has 138 valence electrons. The van der Waals surface area contributed by atoms with Crippen LogP contribution < -0.4 is 10.1 Å². The lowest BCUT2D eigenvalue weighted by Crippen LogP contribution is -2.47. The predicted octanol–water partition coefficient (Wildman–Crippen LogP) is 2.15. The monoisotopic (exact) mass is 358 g/mol. The highest BCUT2D eigenvalue weighted by Gasteiger charge is 2.43. The van der Waals surface area contributed by atoms with Crippen LogP contribution in [0, 0.1) is 5.92 Å². The van der Waals surface area contributed by atoms with Gasteiger partial charge in [0.2, 0.25) is 5.91 Å². The van der Waals surface area contributed by atoms with Gasteiger partial charge in [0.15, 0.2) is 0 Å². The Hall–Kier alpha value is -2.25. The van der Waals surface area contributed by atoms with Gasteiger partial charge in [-0.25, -0.2) is 0 Å². The predicted molar refractivity (Wildman–Crippen MR) is 85.1 cm³/mol. The molecular weight excluding hydrogens is 337 g/mol. The van der Waals surface area contributed by atoms with Crippen LogP contribution in [0.5, 0.6) is 5.75 Å². The Morgan fingerprint density at radius 1 is 1.24 bits per heavy atom. The van der Waals surface area contributed by atoms with Gasteiger partial charge < -0.3 is 15.0 Å². The molecule has 0 radical (unpaired) electrons. The molecule has 0 unspecified atom stereocenters. The zero-order chi connectivity index (χ0) is 18.4. The molecule has 0 aliphatic carbocycles. The molecule has 5 nitrogen and oxygen atoms in total. The normalized spacial score (nSPS) is 15.8. The summed E-state index contributed by atoms with van der Waals surface area (Å²) >= 11 is 0. The molecule has 1 saturated heterocycles. The number of hydrogen-bond donors (Lipinski definition) is 1. The van der Waals surface area contributed by atoms with Gasteiger partial charge in [-0.15, -0.1) is 0 Å². The van der Waals surface area contributed by atoms with Gasteiger partial charge in [-0.2, -0.15) is 13.2 Å². The van der Waals surface area contributed by atoms with E-state index in [4.69, 9.17) is 4.74 Å². The van der Waals surface area contributed by atoms with Crippen LogP contribution in [0.25, 0.3) is 0 Å². The Balaban J connectivity index is 1.77. The first-order valence-corrected chi connectivity index (χ1v) is 8.08. The number of amides is 2. The molecule has 1 heterocycles. The number of ether oxygens (including phenoxy) is 1. The molecule has 1 N–H and O–H groups in total. The van der Waals surface area contributed by atoms with Gasteiger partial charge in [0.1, 0.15) is 5.75 Å². The van der Waals surface area contributed by atoms with Crippen LogP contribution >= 0.6 is 0 Å². The van der Waals surface area contributed by atoms with Crippen LogP contribution in [0.2, 0.25) is 0 Å². The summed E-state index contributed by atoms with van der Waals surface area (Å²) < 4.78 is 42.4. The molecule has 0 bridgehead atoms. The molecule has 1 aromatic rings. The van der Waals surface area contributed by atoms with E-state index in [0.29, 0.717) is 13.0 Å². The highest BCUT2D eigenvalue weighted by Crippen LogP contribution is 2.24. The van der Waals surface area contributed by atoms with Gasteiger partial charge in [0.05, 0.1) is 7.11 Å². The third-order valence-corrected chi connectivity index (χ3v) is 4.28. The lowest BCUT2D eigenvalue weighted by atomic mass is 9.95. The molecule has 0 spiro atoms. The first-order valence-electron chi connectivity index (χ1n) is 8.08. The number of benzene rings is 1. The number of alkyl halides is 3. The van der Waals surface area contributed by atoms with Gasteiger partial charge in [0.25, 0.3) is 0 Å². The van der Waals surface area contributed by atoms with E-state index in [1.54, 1.807) is 7.11 Å². The van der Waals surface area contributed by atoms with Crippen LogP contribution in [0.3, 0.4) is 0 Å². The lowest BCUT2D eigenvalue weighted by Gasteiger charge is -2.31. The van der Waals surface area contributed by atoms with Gasteiger partial charge >= 0.3 is 12.1 Å². The Labute approximate surface area is 144 Å². The second kappa shape index (κ2) is 8.22.